The number of nitrogens with zero attached hydrogens (tertiary/aromatic N) is 1. The minimum Gasteiger partial charge on any atom is -0.497 e. The van der Waals surface area contributed by atoms with Gasteiger partial charge in [-0.15, -0.1) is 0 Å². The molecule has 106 valence electrons. The zero-order chi connectivity index (χ0) is 14.5. The van der Waals surface area contributed by atoms with E-state index in [0.29, 0.717) is 5.69 Å². The summed E-state index contributed by atoms with van der Waals surface area (Å²) >= 11 is 0. The minimum atomic E-state index is -0.249. The van der Waals surface area contributed by atoms with E-state index in [1.807, 2.05) is 38.1 Å². The Labute approximate surface area is 117 Å². The molecule has 1 N–H and O–H groups in total. The smallest absolute Gasteiger partial charge is 0.290 e. The molecule has 5 heteroatoms. The Morgan fingerprint density at radius 3 is 2.95 bits per heavy atom. The highest BCUT2D eigenvalue weighted by Gasteiger charge is 2.15. The number of ether oxygens (including phenoxy) is 1. The number of aromatic nitrogens is 1. The van der Waals surface area contributed by atoms with Gasteiger partial charge in [-0.1, -0.05) is 24.2 Å². The van der Waals surface area contributed by atoms with Gasteiger partial charge in [0.15, 0.2) is 0 Å². The summed E-state index contributed by atoms with van der Waals surface area (Å²) in [4.78, 5) is 11.9. The van der Waals surface area contributed by atoms with E-state index in [9.17, 15) is 4.79 Å². The zero-order valence-electron chi connectivity index (χ0n) is 11.8. The van der Waals surface area contributed by atoms with Crippen LogP contribution in [-0.4, -0.2) is 24.2 Å². The lowest BCUT2D eigenvalue weighted by Gasteiger charge is -2.08. The van der Waals surface area contributed by atoms with Crippen molar-refractivity contribution in [2.24, 2.45) is 0 Å². The molecule has 1 aromatic heterocycles. The standard InChI is InChI=1S/C15H18N2O3/c1-4-10(2)16-15(18)14-9-13(17-20-14)11-6-5-7-12(8-11)19-3/h5-10H,4H2,1-3H3,(H,16,18)/t10-/m1/s1. The summed E-state index contributed by atoms with van der Waals surface area (Å²) in [6.45, 7) is 3.95. The number of benzene rings is 1. The second-order valence-corrected chi connectivity index (χ2v) is 4.59. The molecule has 1 amide bonds. The van der Waals surface area contributed by atoms with E-state index < -0.39 is 0 Å². The monoisotopic (exact) mass is 274 g/mol. The molecular formula is C15H18N2O3. The molecule has 0 aliphatic rings. The van der Waals surface area contributed by atoms with Crippen LogP contribution >= 0.6 is 0 Å². The van der Waals surface area contributed by atoms with Crippen molar-refractivity contribution in [1.29, 1.82) is 0 Å². The molecule has 2 rings (SSSR count). The average molecular weight is 274 g/mol. The molecule has 0 aliphatic heterocycles. The van der Waals surface area contributed by atoms with Gasteiger partial charge < -0.3 is 14.6 Å². The van der Waals surface area contributed by atoms with Crippen LogP contribution in [0.3, 0.4) is 0 Å². The third-order valence-corrected chi connectivity index (χ3v) is 3.09. The van der Waals surface area contributed by atoms with E-state index in [1.54, 1.807) is 13.2 Å². The Kier molecular flexibility index (Phi) is 4.40. The van der Waals surface area contributed by atoms with Gasteiger partial charge in [-0.3, -0.25) is 4.79 Å². The number of amides is 1. The van der Waals surface area contributed by atoms with E-state index in [4.69, 9.17) is 9.26 Å². The molecule has 0 unspecified atom stereocenters. The molecule has 2 aromatic rings. The van der Waals surface area contributed by atoms with Crippen LogP contribution in [0.4, 0.5) is 0 Å². The van der Waals surface area contributed by atoms with E-state index in [2.05, 4.69) is 10.5 Å². The lowest BCUT2D eigenvalue weighted by atomic mass is 10.1. The van der Waals surface area contributed by atoms with Crippen LogP contribution < -0.4 is 10.1 Å². The maximum atomic E-state index is 11.9. The fourth-order valence-electron chi connectivity index (χ4n) is 1.70. The number of carbonyl (C=O) groups excluding carboxylic acids is 1. The van der Waals surface area contributed by atoms with E-state index in [-0.39, 0.29) is 17.7 Å². The highest BCUT2D eigenvalue weighted by atomic mass is 16.5. The largest absolute Gasteiger partial charge is 0.497 e. The predicted molar refractivity (Wildman–Crippen MR) is 75.7 cm³/mol. The van der Waals surface area contributed by atoms with E-state index in [0.717, 1.165) is 17.7 Å². The molecule has 0 radical (unpaired) electrons. The van der Waals surface area contributed by atoms with Crippen molar-refractivity contribution in [3.63, 3.8) is 0 Å². The SMILES string of the molecule is CC[C@@H](C)NC(=O)c1cc(-c2cccc(OC)c2)no1. The summed E-state index contributed by atoms with van der Waals surface area (Å²) in [5.41, 5.74) is 1.45. The molecule has 20 heavy (non-hydrogen) atoms. The molecule has 1 atom stereocenters. The number of nitrogens with one attached hydrogen (secondary N) is 1. The van der Waals surface area contributed by atoms with Crippen LogP contribution in [0, 0.1) is 0 Å². The first kappa shape index (κ1) is 14.1. The van der Waals surface area contributed by atoms with Gasteiger partial charge in [0, 0.05) is 17.7 Å². The van der Waals surface area contributed by atoms with Crippen LogP contribution in [0.25, 0.3) is 11.3 Å². The number of hydrogen-bond donors (Lipinski definition) is 1. The summed E-state index contributed by atoms with van der Waals surface area (Å²) in [5, 5.41) is 6.76. The predicted octanol–water partition coefficient (Wildman–Crippen LogP) is 2.88. The Hall–Kier alpha value is -2.30. The third-order valence-electron chi connectivity index (χ3n) is 3.09. The van der Waals surface area contributed by atoms with Gasteiger partial charge in [0.25, 0.3) is 5.91 Å². The van der Waals surface area contributed by atoms with Crippen LogP contribution in [0.15, 0.2) is 34.9 Å². The zero-order valence-corrected chi connectivity index (χ0v) is 11.8. The molecule has 0 bridgehead atoms. The lowest BCUT2D eigenvalue weighted by Crippen LogP contribution is -2.31. The fourth-order valence-corrected chi connectivity index (χ4v) is 1.70. The molecule has 0 spiro atoms. The molecule has 0 saturated carbocycles. The van der Waals surface area contributed by atoms with Crippen molar-refractivity contribution >= 4 is 5.91 Å². The molecule has 0 saturated heterocycles. The van der Waals surface area contributed by atoms with Gasteiger partial charge in [0.2, 0.25) is 5.76 Å². The Morgan fingerprint density at radius 2 is 2.25 bits per heavy atom. The lowest BCUT2D eigenvalue weighted by molar-refractivity contribution is 0.0902. The maximum absolute atomic E-state index is 11.9. The van der Waals surface area contributed by atoms with Crippen LogP contribution in [0.2, 0.25) is 0 Å². The van der Waals surface area contributed by atoms with Crippen molar-refractivity contribution in [3.05, 3.63) is 36.1 Å². The number of methoxy groups -OCH3 is 1. The first-order valence-electron chi connectivity index (χ1n) is 6.56. The van der Waals surface area contributed by atoms with Crippen molar-refractivity contribution in [2.45, 2.75) is 26.3 Å². The van der Waals surface area contributed by atoms with Crippen molar-refractivity contribution in [1.82, 2.24) is 10.5 Å². The number of rotatable bonds is 5. The van der Waals surface area contributed by atoms with E-state index >= 15 is 0 Å². The van der Waals surface area contributed by atoms with Crippen LogP contribution in [0.5, 0.6) is 5.75 Å². The second kappa shape index (κ2) is 6.23. The molecule has 0 aliphatic carbocycles. The summed E-state index contributed by atoms with van der Waals surface area (Å²) in [6, 6.07) is 9.17. The van der Waals surface area contributed by atoms with Gasteiger partial charge in [0.05, 0.1) is 7.11 Å². The summed E-state index contributed by atoms with van der Waals surface area (Å²) in [7, 11) is 1.60. The number of carbonyl (C=O) groups is 1. The van der Waals surface area contributed by atoms with Crippen molar-refractivity contribution < 1.29 is 14.1 Å². The maximum Gasteiger partial charge on any atom is 0.290 e. The fraction of sp³-hybridized carbons (Fsp3) is 0.333. The van der Waals surface area contributed by atoms with Crippen LogP contribution in [0.1, 0.15) is 30.8 Å². The van der Waals surface area contributed by atoms with Gasteiger partial charge >= 0.3 is 0 Å². The van der Waals surface area contributed by atoms with Crippen molar-refractivity contribution in [3.8, 4) is 17.0 Å². The normalized spacial score (nSPS) is 11.9. The highest BCUT2D eigenvalue weighted by molar-refractivity contribution is 5.92. The summed E-state index contributed by atoms with van der Waals surface area (Å²) in [5.74, 6) is 0.695. The first-order valence-corrected chi connectivity index (χ1v) is 6.56. The topological polar surface area (TPSA) is 64.4 Å². The van der Waals surface area contributed by atoms with Gasteiger partial charge in [-0.2, -0.15) is 0 Å². The number of hydrogen-bond acceptors (Lipinski definition) is 4. The Bertz CT molecular complexity index is 592. The van der Waals surface area contributed by atoms with Crippen LogP contribution in [-0.2, 0) is 0 Å². The molecule has 1 aromatic carbocycles. The van der Waals surface area contributed by atoms with Gasteiger partial charge in [0.1, 0.15) is 11.4 Å². The molecule has 0 fully saturated rings. The molecule has 1 heterocycles. The van der Waals surface area contributed by atoms with E-state index in [1.165, 1.54) is 0 Å². The second-order valence-electron chi connectivity index (χ2n) is 4.59. The van der Waals surface area contributed by atoms with Gasteiger partial charge in [-0.25, -0.2) is 0 Å². The average Bonchev–Trinajstić information content (AvgIpc) is 2.97. The third kappa shape index (κ3) is 3.17. The molecular weight excluding hydrogens is 256 g/mol. The summed E-state index contributed by atoms with van der Waals surface area (Å²) < 4.78 is 10.3. The quantitative estimate of drug-likeness (QED) is 0.910. The first-order chi connectivity index (χ1) is 9.63. The van der Waals surface area contributed by atoms with Gasteiger partial charge in [-0.05, 0) is 25.5 Å². The highest BCUT2D eigenvalue weighted by Crippen LogP contribution is 2.23. The Morgan fingerprint density at radius 1 is 1.45 bits per heavy atom. The minimum absolute atomic E-state index is 0.105. The van der Waals surface area contributed by atoms with Crippen molar-refractivity contribution in [2.75, 3.05) is 7.11 Å². The Balaban J connectivity index is 2.17. The molecule has 5 nitrogen and oxygen atoms in total. The summed E-state index contributed by atoms with van der Waals surface area (Å²) in [6.07, 6.45) is 0.864.